The molecule has 3 rings (SSSR count). The summed E-state index contributed by atoms with van der Waals surface area (Å²) >= 11 is 0. The summed E-state index contributed by atoms with van der Waals surface area (Å²) < 4.78 is 14.0. The molecule has 1 aromatic rings. The van der Waals surface area contributed by atoms with Gasteiger partial charge in [-0.15, -0.1) is 0 Å². The minimum atomic E-state index is -0.399. The molecule has 1 aromatic heterocycles. The van der Waals surface area contributed by atoms with Crippen LogP contribution in [0.5, 0.6) is 0 Å². The fourth-order valence-corrected chi connectivity index (χ4v) is 2.50. The van der Waals surface area contributed by atoms with E-state index in [1.807, 2.05) is 51.4 Å². The van der Waals surface area contributed by atoms with Crippen LogP contribution < -0.4 is 11.0 Å². The summed E-state index contributed by atoms with van der Waals surface area (Å²) in [5, 5.41) is 0. The van der Waals surface area contributed by atoms with Crippen LogP contribution in [-0.4, -0.2) is 22.9 Å². The smallest absolute Gasteiger partial charge is 0.399 e. The predicted octanol–water partition coefficient (Wildman–Crippen LogP) is 1.79. The predicted molar refractivity (Wildman–Crippen MR) is 79.4 cm³/mol. The maximum absolute atomic E-state index is 12.2. The van der Waals surface area contributed by atoms with E-state index >= 15 is 0 Å². The third-order valence-electron chi connectivity index (χ3n) is 4.71. The molecule has 0 amide bonds. The maximum atomic E-state index is 12.2. The van der Waals surface area contributed by atoms with Gasteiger partial charge in [0.15, 0.2) is 0 Å². The van der Waals surface area contributed by atoms with Crippen molar-refractivity contribution in [2.75, 3.05) is 0 Å². The monoisotopic (exact) mass is 275 g/mol. The van der Waals surface area contributed by atoms with Gasteiger partial charge in [0.25, 0.3) is 5.56 Å². The Bertz CT molecular complexity index is 586. The molecule has 0 atom stereocenters. The van der Waals surface area contributed by atoms with Crippen molar-refractivity contribution in [3.8, 4) is 0 Å². The van der Waals surface area contributed by atoms with Crippen LogP contribution in [0.25, 0.3) is 0 Å². The zero-order chi connectivity index (χ0) is 14.7. The van der Waals surface area contributed by atoms with Gasteiger partial charge in [-0.1, -0.05) is 6.07 Å². The Labute approximate surface area is 120 Å². The second-order valence-electron chi connectivity index (χ2n) is 6.99. The van der Waals surface area contributed by atoms with Crippen LogP contribution >= 0.6 is 0 Å². The molecule has 20 heavy (non-hydrogen) atoms. The fraction of sp³-hybridized carbons (Fsp3) is 0.667. The Kier molecular flexibility index (Phi) is 2.93. The fourth-order valence-electron chi connectivity index (χ4n) is 2.50. The minimum Gasteiger partial charge on any atom is -0.399 e. The summed E-state index contributed by atoms with van der Waals surface area (Å²) in [4.78, 5) is 12.2. The van der Waals surface area contributed by atoms with Gasteiger partial charge in [0.2, 0.25) is 0 Å². The lowest BCUT2D eigenvalue weighted by Gasteiger charge is -2.32. The number of pyridine rings is 1. The average molecular weight is 275 g/mol. The molecule has 1 saturated heterocycles. The van der Waals surface area contributed by atoms with Crippen LogP contribution in [0, 0.1) is 6.92 Å². The Hall–Kier alpha value is -1.07. The quantitative estimate of drug-likeness (QED) is 0.773. The number of hydrogen-bond donors (Lipinski definition) is 0. The molecule has 108 valence electrons. The number of hydrogen-bond acceptors (Lipinski definition) is 3. The Morgan fingerprint density at radius 2 is 1.75 bits per heavy atom. The van der Waals surface area contributed by atoms with Crippen LogP contribution in [0.3, 0.4) is 0 Å². The highest BCUT2D eigenvalue weighted by Crippen LogP contribution is 2.37. The molecule has 2 aliphatic rings. The first kappa shape index (κ1) is 13.9. The van der Waals surface area contributed by atoms with E-state index in [1.165, 1.54) is 0 Å². The second kappa shape index (κ2) is 4.21. The molecule has 0 aromatic carbocycles. The molecule has 0 unspecified atom stereocenters. The van der Waals surface area contributed by atoms with Gasteiger partial charge in [-0.2, -0.15) is 0 Å². The van der Waals surface area contributed by atoms with Crippen molar-refractivity contribution in [2.45, 2.75) is 64.7 Å². The molecular formula is C15H22BNO3. The zero-order valence-electron chi connectivity index (χ0n) is 12.9. The Morgan fingerprint density at radius 1 is 1.20 bits per heavy atom. The standard InChI is InChI=1S/C15H22BNO3/c1-10-8-11(9-17(13(10)18)12-6-7-12)16-19-14(2,3)15(4,5)20-16/h8-9,12H,6-7H2,1-5H3. The van der Waals surface area contributed by atoms with Crippen molar-refractivity contribution in [1.29, 1.82) is 0 Å². The maximum Gasteiger partial charge on any atom is 0.496 e. The molecule has 0 N–H and O–H groups in total. The van der Waals surface area contributed by atoms with Crippen LogP contribution in [-0.2, 0) is 9.31 Å². The van der Waals surface area contributed by atoms with Crippen molar-refractivity contribution in [2.24, 2.45) is 0 Å². The van der Waals surface area contributed by atoms with Crippen molar-refractivity contribution in [1.82, 2.24) is 4.57 Å². The number of nitrogens with zero attached hydrogens (tertiary/aromatic N) is 1. The van der Waals surface area contributed by atoms with Crippen LogP contribution in [0.15, 0.2) is 17.1 Å². The summed E-state index contributed by atoms with van der Waals surface area (Å²) in [5.41, 5.74) is 1.09. The molecular weight excluding hydrogens is 253 g/mol. The van der Waals surface area contributed by atoms with Crippen molar-refractivity contribution in [3.63, 3.8) is 0 Å². The van der Waals surface area contributed by atoms with Gasteiger partial charge in [-0.3, -0.25) is 4.79 Å². The van der Waals surface area contributed by atoms with Crippen LogP contribution in [0.1, 0.15) is 52.1 Å². The highest BCUT2D eigenvalue weighted by atomic mass is 16.7. The molecule has 2 fully saturated rings. The van der Waals surface area contributed by atoms with E-state index in [0.29, 0.717) is 6.04 Å². The van der Waals surface area contributed by atoms with Crippen molar-refractivity contribution >= 4 is 12.6 Å². The lowest BCUT2D eigenvalue weighted by atomic mass is 9.79. The summed E-state index contributed by atoms with van der Waals surface area (Å²) in [6.45, 7) is 10.0. The minimum absolute atomic E-state index is 0.104. The lowest BCUT2D eigenvalue weighted by molar-refractivity contribution is 0.00578. The second-order valence-corrected chi connectivity index (χ2v) is 6.99. The van der Waals surface area contributed by atoms with E-state index in [0.717, 1.165) is 23.9 Å². The summed E-state index contributed by atoms with van der Waals surface area (Å²) in [5.74, 6) is 0. The van der Waals surface area contributed by atoms with E-state index in [2.05, 4.69) is 0 Å². The largest absolute Gasteiger partial charge is 0.496 e. The molecule has 2 heterocycles. The first-order valence-corrected chi connectivity index (χ1v) is 7.29. The van der Waals surface area contributed by atoms with Crippen molar-refractivity contribution in [3.05, 3.63) is 28.2 Å². The third kappa shape index (κ3) is 2.13. The van der Waals surface area contributed by atoms with Gasteiger partial charge >= 0.3 is 7.12 Å². The SMILES string of the molecule is Cc1cc(B2OC(C)(C)C(C)(C)O2)cn(C2CC2)c1=O. The number of aryl methyl sites for hydroxylation is 1. The van der Waals surface area contributed by atoms with E-state index in [4.69, 9.17) is 9.31 Å². The van der Waals surface area contributed by atoms with E-state index in [9.17, 15) is 4.79 Å². The van der Waals surface area contributed by atoms with Crippen LogP contribution in [0.4, 0.5) is 0 Å². The van der Waals surface area contributed by atoms with E-state index < -0.39 is 7.12 Å². The molecule has 5 heteroatoms. The van der Waals surface area contributed by atoms with Gasteiger partial charge in [-0.05, 0) is 52.9 Å². The lowest BCUT2D eigenvalue weighted by Crippen LogP contribution is -2.41. The van der Waals surface area contributed by atoms with Gasteiger partial charge in [0.1, 0.15) is 0 Å². The Morgan fingerprint density at radius 3 is 2.25 bits per heavy atom. The molecule has 0 spiro atoms. The molecule has 1 aliphatic carbocycles. The van der Waals surface area contributed by atoms with Gasteiger partial charge < -0.3 is 13.9 Å². The Balaban J connectivity index is 1.98. The van der Waals surface area contributed by atoms with Gasteiger partial charge in [-0.25, -0.2) is 0 Å². The molecule has 1 aliphatic heterocycles. The highest BCUT2D eigenvalue weighted by Gasteiger charge is 2.52. The first-order valence-electron chi connectivity index (χ1n) is 7.29. The summed E-state index contributed by atoms with van der Waals surface area (Å²) in [7, 11) is -0.399. The van der Waals surface area contributed by atoms with E-state index in [-0.39, 0.29) is 16.8 Å². The topological polar surface area (TPSA) is 40.5 Å². The number of rotatable bonds is 2. The van der Waals surface area contributed by atoms with Crippen LogP contribution in [0.2, 0.25) is 0 Å². The average Bonchev–Trinajstić information content (AvgIpc) is 3.11. The molecule has 0 bridgehead atoms. The third-order valence-corrected chi connectivity index (χ3v) is 4.71. The summed E-state index contributed by atoms with van der Waals surface area (Å²) in [6, 6.07) is 2.26. The molecule has 0 radical (unpaired) electrons. The first-order chi connectivity index (χ1) is 9.21. The zero-order valence-corrected chi connectivity index (χ0v) is 12.9. The molecule has 1 saturated carbocycles. The van der Waals surface area contributed by atoms with Gasteiger partial charge in [0.05, 0.1) is 11.2 Å². The normalized spacial score (nSPS) is 24.1. The van der Waals surface area contributed by atoms with Gasteiger partial charge in [0, 0.05) is 17.8 Å². The highest BCUT2D eigenvalue weighted by molar-refractivity contribution is 6.62. The van der Waals surface area contributed by atoms with E-state index in [1.54, 1.807) is 0 Å². The molecule has 4 nitrogen and oxygen atoms in total. The number of aromatic nitrogens is 1. The van der Waals surface area contributed by atoms with Crippen molar-refractivity contribution < 1.29 is 9.31 Å². The summed E-state index contributed by atoms with van der Waals surface area (Å²) in [6.07, 6.45) is 4.09.